The van der Waals surface area contributed by atoms with Crippen molar-refractivity contribution in [2.24, 2.45) is 0 Å². The van der Waals surface area contributed by atoms with Crippen molar-refractivity contribution in [3.8, 4) is 5.75 Å². The highest BCUT2D eigenvalue weighted by Gasteiger charge is 2.35. The van der Waals surface area contributed by atoms with Gasteiger partial charge in [0, 0.05) is 18.4 Å². The Morgan fingerprint density at radius 1 is 1.33 bits per heavy atom. The molecule has 1 aliphatic rings. The lowest BCUT2D eigenvalue weighted by Crippen LogP contribution is -2.43. The van der Waals surface area contributed by atoms with Crippen molar-refractivity contribution in [1.82, 2.24) is 9.88 Å². The van der Waals surface area contributed by atoms with Crippen molar-refractivity contribution in [3.05, 3.63) is 47.2 Å². The number of methoxy groups -OCH3 is 1. The molecule has 0 saturated carbocycles. The third-order valence-corrected chi connectivity index (χ3v) is 4.27. The Morgan fingerprint density at radius 2 is 2.08 bits per heavy atom. The number of nitrogens with zero attached hydrogens (tertiary/aromatic N) is 1. The number of benzene rings is 1. The van der Waals surface area contributed by atoms with Crippen molar-refractivity contribution < 1.29 is 14.3 Å². The van der Waals surface area contributed by atoms with Crippen LogP contribution >= 0.6 is 11.6 Å². The van der Waals surface area contributed by atoms with Gasteiger partial charge in [-0.05, 0) is 43.2 Å². The Balaban J connectivity index is 1.69. The van der Waals surface area contributed by atoms with E-state index in [1.165, 1.54) is 0 Å². The summed E-state index contributed by atoms with van der Waals surface area (Å²) in [5.74, 6) is 0.312. The third-order valence-electron chi connectivity index (χ3n) is 4.05. The lowest BCUT2D eigenvalue weighted by atomic mass is 10.2. The zero-order valence-electron chi connectivity index (χ0n) is 13.2. The molecule has 0 unspecified atom stereocenters. The first-order valence-electron chi connectivity index (χ1n) is 7.68. The van der Waals surface area contributed by atoms with Gasteiger partial charge < -0.3 is 19.9 Å². The molecule has 1 aliphatic heterocycles. The SMILES string of the molecule is COc1ccc(NC(=O)[C@@H]2CCCN2C(=O)c2cc(Cl)c[nH]2)cc1. The topological polar surface area (TPSA) is 74.4 Å². The summed E-state index contributed by atoms with van der Waals surface area (Å²) in [6, 6.07) is 8.16. The van der Waals surface area contributed by atoms with E-state index < -0.39 is 6.04 Å². The number of aromatic amines is 1. The molecule has 0 radical (unpaired) electrons. The molecule has 0 bridgehead atoms. The first-order valence-corrected chi connectivity index (χ1v) is 8.06. The monoisotopic (exact) mass is 347 g/mol. The summed E-state index contributed by atoms with van der Waals surface area (Å²) in [7, 11) is 1.59. The molecule has 1 saturated heterocycles. The van der Waals surface area contributed by atoms with Gasteiger partial charge in [-0.3, -0.25) is 9.59 Å². The van der Waals surface area contributed by atoms with Gasteiger partial charge in [0.25, 0.3) is 5.91 Å². The molecular formula is C17H18ClN3O3. The zero-order chi connectivity index (χ0) is 17.1. The van der Waals surface area contributed by atoms with Crippen molar-refractivity contribution in [2.45, 2.75) is 18.9 Å². The van der Waals surface area contributed by atoms with Crippen molar-refractivity contribution in [3.63, 3.8) is 0 Å². The molecule has 6 nitrogen and oxygen atoms in total. The largest absolute Gasteiger partial charge is 0.497 e. The fourth-order valence-electron chi connectivity index (χ4n) is 2.83. The molecule has 1 aromatic carbocycles. The maximum atomic E-state index is 12.6. The number of aromatic nitrogens is 1. The molecule has 24 heavy (non-hydrogen) atoms. The highest BCUT2D eigenvalue weighted by Crippen LogP contribution is 2.23. The summed E-state index contributed by atoms with van der Waals surface area (Å²) in [6.45, 7) is 0.552. The van der Waals surface area contributed by atoms with Crippen LogP contribution in [0, 0.1) is 0 Å². The van der Waals surface area contributed by atoms with Gasteiger partial charge in [0.1, 0.15) is 17.5 Å². The number of nitrogens with one attached hydrogen (secondary N) is 2. The molecule has 1 aromatic heterocycles. The maximum Gasteiger partial charge on any atom is 0.270 e. The van der Waals surface area contributed by atoms with Crippen LogP contribution in [-0.4, -0.2) is 41.4 Å². The Hall–Kier alpha value is -2.47. The van der Waals surface area contributed by atoms with E-state index in [0.29, 0.717) is 35.1 Å². The molecule has 0 spiro atoms. The van der Waals surface area contributed by atoms with E-state index in [9.17, 15) is 9.59 Å². The minimum absolute atomic E-state index is 0.191. The summed E-state index contributed by atoms with van der Waals surface area (Å²) in [4.78, 5) is 29.5. The van der Waals surface area contributed by atoms with Crippen LogP contribution in [-0.2, 0) is 4.79 Å². The molecule has 2 amide bonds. The Bertz CT molecular complexity index is 742. The minimum Gasteiger partial charge on any atom is -0.497 e. The average Bonchev–Trinajstić information content (AvgIpc) is 3.24. The van der Waals surface area contributed by atoms with E-state index in [1.807, 2.05) is 0 Å². The summed E-state index contributed by atoms with van der Waals surface area (Å²) < 4.78 is 5.09. The van der Waals surface area contributed by atoms with E-state index in [-0.39, 0.29) is 11.8 Å². The molecular weight excluding hydrogens is 330 g/mol. The van der Waals surface area contributed by atoms with Gasteiger partial charge in [-0.2, -0.15) is 0 Å². The van der Waals surface area contributed by atoms with Crippen molar-refractivity contribution in [1.29, 1.82) is 0 Å². The summed E-state index contributed by atoms with van der Waals surface area (Å²) in [6.07, 6.45) is 2.99. The first-order chi connectivity index (χ1) is 11.6. The number of anilines is 1. The van der Waals surface area contributed by atoms with Crippen LogP contribution in [0.15, 0.2) is 36.5 Å². The Morgan fingerprint density at radius 3 is 2.71 bits per heavy atom. The molecule has 3 rings (SSSR count). The summed E-state index contributed by atoms with van der Waals surface area (Å²) >= 11 is 5.85. The third kappa shape index (κ3) is 3.38. The number of hydrogen-bond donors (Lipinski definition) is 2. The van der Waals surface area contributed by atoms with Crippen LogP contribution < -0.4 is 10.1 Å². The van der Waals surface area contributed by atoms with Gasteiger partial charge in [-0.15, -0.1) is 0 Å². The van der Waals surface area contributed by atoms with Crippen LogP contribution in [0.2, 0.25) is 5.02 Å². The van der Waals surface area contributed by atoms with Crippen LogP contribution in [0.25, 0.3) is 0 Å². The number of rotatable bonds is 4. The number of amides is 2. The lowest BCUT2D eigenvalue weighted by molar-refractivity contribution is -0.119. The standard InChI is InChI=1S/C17H18ClN3O3/c1-24-13-6-4-12(5-7-13)20-16(22)15-3-2-8-21(15)17(23)14-9-11(18)10-19-14/h4-7,9-10,15,19H,2-3,8H2,1H3,(H,20,22)/t15-/m0/s1. The van der Waals surface area contributed by atoms with Crippen LogP contribution in [0.1, 0.15) is 23.3 Å². The van der Waals surface area contributed by atoms with E-state index in [0.717, 1.165) is 6.42 Å². The Labute approximate surface area is 144 Å². The predicted octanol–water partition coefficient (Wildman–Crippen LogP) is 2.92. The van der Waals surface area contributed by atoms with E-state index in [4.69, 9.17) is 16.3 Å². The van der Waals surface area contributed by atoms with Crippen molar-refractivity contribution >= 4 is 29.1 Å². The zero-order valence-corrected chi connectivity index (χ0v) is 14.0. The number of carbonyl (C=O) groups is 2. The number of ether oxygens (including phenoxy) is 1. The van der Waals surface area contributed by atoms with Crippen LogP contribution in [0.3, 0.4) is 0 Å². The number of carbonyl (C=O) groups excluding carboxylic acids is 2. The smallest absolute Gasteiger partial charge is 0.270 e. The van der Waals surface area contributed by atoms with E-state index in [1.54, 1.807) is 48.5 Å². The van der Waals surface area contributed by atoms with Crippen LogP contribution in [0.5, 0.6) is 5.75 Å². The number of halogens is 1. The second-order valence-corrected chi connectivity index (χ2v) is 6.04. The second kappa shape index (κ2) is 6.97. The predicted molar refractivity (Wildman–Crippen MR) is 91.5 cm³/mol. The average molecular weight is 348 g/mol. The molecule has 0 aliphatic carbocycles. The van der Waals surface area contributed by atoms with E-state index >= 15 is 0 Å². The molecule has 2 heterocycles. The Kier molecular flexibility index (Phi) is 4.76. The molecule has 7 heteroatoms. The highest BCUT2D eigenvalue weighted by atomic mass is 35.5. The van der Waals surface area contributed by atoms with Crippen LogP contribution in [0.4, 0.5) is 5.69 Å². The second-order valence-electron chi connectivity index (χ2n) is 5.61. The van der Waals surface area contributed by atoms with Gasteiger partial charge in [-0.1, -0.05) is 11.6 Å². The maximum absolute atomic E-state index is 12.6. The highest BCUT2D eigenvalue weighted by molar-refractivity contribution is 6.31. The van der Waals surface area contributed by atoms with E-state index in [2.05, 4.69) is 10.3 Å². The summed E-state index contributed by atoms with van der Waals surface area (Å²) in [5, 5.41) is 3.32. The summed E-state index contributed by atoms with van der Waals surface area (Å²) in [5.41, 5.74) is 1.06. The first kappa shape index (κ1) is 16.4. The molecule has 2 N–H and O–H groups in total. The molecule has 126 valence electrons. The molecule has 1 atom stereocenters. The minimum atomic E-state index is -0.485. The number of likely N-dealkylation sites (tertiary alicyclic amines) is 1. The van der Waals surface area contributed by atoms with Gasteiger partial charge in [0.15, 0.2) is 0 Å². The molecule has 2 aromatic rings. The van der Waals surface area contributed by atoms with Gasteiger partial charge in [0.05, 0.1) is 12.1 Å². The normalized spacial score (nSPS) is 16.9. The van der Waals surface area contributed by atoms with Gasteiger partial charge in [0.2, 0.25) is 5.91 Å². The lowest BCUT2D eigenvalue weighted by Gasteiger charge is -2.23. The molecule has 1 fully saturated rings. The van der Waals surface area contributed by atoms with Crippen molar-refractivity contribution in [2.75, 3.05) is 19.0 Å². The fraction of sp³-hybridized carbons (Fsp3) is 0.294. The fourth-order valence-corrected chi connectivity index (χ4v) is 2.99. The number of H-pyrrole nitrogens is 1. The van der Waals surface area contributed by atoms with Gasteiger partial charge >= 0.3 is 0 Å². The quantitative estimate of drug-likeness (QED) is 0.893. The number of hydrogen-bond acceptors (Lipinski definition) is 3. The van der Waals surface area contributed by atoms with Gasteiger partial charge in [-0.25, -0.2) is 0 Å².